The second kappa shape index (κ2) is 10.6. The molecule has 3 aliphatic rings. The van der Waals surface area contributed by atoms with Gasteiger partial charge in [-0.3, -0.25) is 9.59 Å². The fraction of sp³-hybridized carbons (Fsp3) is 0.471. The summed E-state index contributed by atoms with van der Waals surface area (Å²) in [5.41, 5.74) is 2.65. The smallest absolute Gasteiger partial charge is 0.560 e. The Bertz CT molecular complexity index is 1610. The van der Waals surface area contributed by atoms with E-state index in [2.05, 4.69) is 25.8 Å². The molecule has 2 aliphatic heterocycles. The van der Waals surface area contributed by atoms with Crippen LogP contribution in [0, 0.1) is 17.8 Å². The van der Waals surface area contributed by atoms with Gasteiger partial charge in [0.05, 0.1) is 30.9 Å². The molecule has 0 saturated carbocycles. The minimum absolute atomic E-state index is 0.0156. The molecule has 43 heavy (non-hydrogen) atoms. The van der Waals surface area contributed by atoms with Gasteiger partial charge in [0.15, 0.2) is 5.78 Å². The number of ketones is 1. The van der Waals surface area contributed by atoms with Crippen LogP contribution >= 0.6 is 0 Å². The maximum absolute atomic E-state index is 14.3. The molecule has 0 unspecified atom stereocenters. The zero-order valence-corrected chi connectivity index (χ0v) is 26.2. The summed E-state index contributed by atoms with van der Waals surface area (Å²) in [6.07, 6.45) is 1.29. The molecule has 0 radical (unpaired) electrons. The number of aryl methyl sites for hydroxylation is 1. The van der Waals surface area contributed by atoms with E-state index in [0.717, 1.165) is 0 Å². The molecule has 1 aromatic carbocycles. The molecule has 0 fully saturated rings. The van der Waals surface area contributed by atoms with Crippen LogP contribution in [0.3, 0.4) is 0 Å². The summed E-state index contributed by atoms with van der Waals surface area (Å²) in [4.78, 5) is 46.5. The topological polar surface area (TPSA) is 129 Å². The van der Waals surface area contributed by atoms with Crippen LogP contribution in [0.1, 0.15) is 87.0 Å². The second-order valence-corrected chi connectivity index (χ2v) is 13.7. The molecular weight excluding hydrogens is 548 g/mol. The molecule has 9 heteroatoms. The van der Waals surface area contributed by atoms with Gasteiger partial charge in [-0.1, -0.05) is 40.7 Å². The fourth-order valence-corrected chi connectivity index (χ4v) is 6.87. The van der Waals surface area contributed by atoms with Crippen LogP contribution in [-0.2, 0) is 20.9 Å². The van der Waals surface area contributed by atoms with Crippen LogP contribution in [0.5, 0.6) is 5.75 Å². The first kappa shape index (κ1) is 30.5. The summed E-state index contributed by atoms with van der Waals surface area (Å²) in [6.45, 7) is 11.6. The van der Waals surface area contributed by atoms with Crippen LogP contribution in [0.4, 0.5) is 0 Å². The molecule has 9 nitrogen and oxygen atoms in total. The van der Waals surface area contributed by atoms with Crippen molar-refractivity contribution in [2.75, 3.05) is 14.2 Å². The van der Waals surface area contributed by atoms with E-state index in [1.54, 1.807) is 43.1 Å². The maximum Gasteiger partial charge on any atom is 0.568 e. The van der Waals surface area contributed by atoms with Crippen molar-refractivity contribution in [3.8, 4) is 17.0 Å². The van der Waals surface area contributed by atoms with Gasteiger partial charge in [-0.15, -0.1) is 0 Å². The number of hydrogen-bond acceptors (Lipinski definition) is 7. The minimum Gasteiger partial charge on any atom is -0.560 e. The van der Waals surface area contributed by atoms with E-state index in [1.807, 2.05) is 13.8 Å². The molecule has 228 valence electrons. The van der Waals surface area contributed by atoms with Gasteiger partial charge in [0.1, 0.15) is 17.3 Å². The number of aromatic nitrogens is 1. The molecule has 0 saturated heterocycles. The Morgan fingerprint density at radius 3 is 2.44 bits per heavy atom. The lowest BCUT2D eigenvalue weighted by atomic mass is 9.67. The number of Topliss-reactive ketones (excluding diaryl/α,β-unsaturated/α-hetero) is 1. The molecule has 3 heterocycles. The lowest BCUT2D eigenvalue weighted by Gasteiger charge is -2.47. The summed E-state index contributed by atoms with van der Waals surface area (Å²) in [5.74, 6) is -0.574. The number of hydrogen-bond donors (Lipinski definition) is 1. The quantitative estimate of drug-likeness (QED) is 0.500. The van der Waals surface area contributed by atoms with Crippen molar-refractivity contribution in [2.45, 2.75) is 79.4 Å². The number of pyridine rings is 1. The van der Waals surface area contributed by atoms with E-state index in [4.69, 9.17) is 14.6 Å². The maximum atomic E-state index is 14.3. The van der Waals surface area contributed by atoms with Crippen molar-refractivity contribution < 1.29 is 34.1 Å². The van der Waals surface area contributed by atoms with Gasteiger partial charge < -0.3 is 24.6 Å². The van der Waals surface area contributed by atoms with Gasteiger partial charge in [-0.2, -0.15) is 0 Å². The SMILES string of the molecule is COc1ccc(-c2ccc(C)c(C(=O)[OH2+])n2)c(CO)c1[C@H]1C2=C(CC(C)(C)CC2=O)OC2=C1C(=O)N(C)[C@H](C(C)(C)C)C2. The van der Waals surface area contributed by atoms with Gasteiger partial charge >= 0.3 is 5.97 Å². The predicted octanol–water partition coefficient (Wildman–Crippen LogP) is 4.71. The monoisotopic (exact) mass is 589 g/mol. The molecule has 2 atom stereocenters. The third kappa shape index (κ3) is 5.13. The lowest BCUT2D eigenvalue weighted by molar-refractivity contribution is -0.132. The predicted molar refractivity (Wildman–Crippen MR) is 161 cm³/mol. The number of nitrogens with zero attached hydrogens (tertiary/aromatic N) is 2. The molecule has 0 bridgehead atoms. The molecule has 3 N–H and O–H groups in total. The number of rotatable bonds is 5. The number of aliphatic hydroxyl groups excluding tert-OH is 1. The van der Waals surface area contributed by atoms with Crippen molar-refractivity contribution in [3.05, 3.63) is 69.3 Å². The largest absolute Gasteiger partial charge is 0.568 e. The van der Waals surface area contributed by atoms with Crippen LogP contribution in [0.2, 0.25) is 0 Å². The highest BCUT2D eigenvalue weighted by Crippen LogP contribution is 2.54. The fourth-order valence-electron chi connectivity index (χ4n) is 6.87. The summed E-state index contributed by atoms with van der Waals surface area (Å²) < 4.78 is 12.4. The van der Waals surface area contributed by atoms with Crippen LogP contribution in [0.25, 0.3) is 11.3 Å². The van der Waals surface area contributed by atoms with E-state index in [1.165, 1.54) is 7.11 Å². The van der Waals surface area contributed by atoms with Gasteiger partial charge in [0.2, 0.25) is 5.69 Å². The standard InChI is InChI=1S/C34H40N2O7/c1-17-9-11-20(35-30(17)32(40)41)18-10-12-22(42-8)26(19(18)16-37)29-27-21(38)14-34(5,6)15-24(27)43-23-13-25(33(2,3)4)36(7)31(39)28(23)29/h9-12,25,29,37H,13-16H2,1-8H3,(H,40,41)/p+1/t25-,29-/m0/s1. The highest BCUT2D eigenvalue weighted by molar-refractivity contribution is 6.06. The Labute approximate surface area is 252 Å². The number of allylic oxidation sites excluding steroid dienone is 2. The van der Waals surface area contributed by atoms with Crippen molar-refractivity contribution in [1.82, 2.24) is 9.88 Å². The summed E-state index contributed by atoms with van der Waals surface area (Å²) in [5, 5.41) is 18.6. The number of ether oxygens (including phenoxy) is 2. The Morgan fingerprint density at radius 2 is 1.84 bits per heavy atom. The number of aliphatic hydroxyl groups is 1. The molecule has 1 amide bonds. The zero-order valence-electron chi connectivity index (χ0n) is 26.2. The first-order valence-electron chi connectivity index (χ1n) is 14.6. The Morgan fingerprint density at radius 1 is 1.14 bits per heavy atom. The third-order valence-corrected chi connectivity index (χ3v) is 8.97. The van der Waals surface area contributed by atoms with Crippen molar-refractivity contribution in [2.24, 2.45) is 10.8 Å². The molecule has 5 rings (SSSR count). The van der Waals surface area contributed by atoms with Crippen LogP contribution < -0.4 is 4.74 Å². The molecule has 1 aromatic heterocycles. The highest BCUT2D eigenvalue weighted by atomic mass is 16.5. The molecule has 2 aromatic rings. The van der Waals surface area contributed by atoms with Gasteiger partial charge in [0, 0.05) is 53.8 Å². The Balaban J connectivity index is 1.82. The average Bonchev–Trinajstić information content (AvgIpc) is 2.91. The zero-order chi connectivity index (χ0) is 31.6. The highest BCUT2D eigenvalue weighted by Gasteiger charge is 2.50. The average molecular weight is 590 g/mol. The number of amides is 1. The summed E-state index contributed by atoms with van der Waals surface area (Å²) in [6, 6.07) is 6.79. The van der Waals surface area contributed by atoms with Crippen LogP contribution in [-0.4, -0.2) is 58.0 Å². The van der Waals surface area contributed by atoms with E-state index in [-0.39, 0.29) is 40.7 Å². The van der Waals surface area contributed by atoms with E-state index < -0.39 is 18.5 Å². The second-order valence-electron chi connectivity index (χ2n) is 13.7. The molecule has 1 aliphatic carbocycles. The number of methoxy groups -OCH3 is 1. The number of carbonyl (C=O) groups is 3. The van der Waals surface area contributed by atoms with Gasteiger partial charge in [0.25, 0.3) is 5.91 Å². The number of benzene rings is 1. The molecule has 0 spiro atoms. The minimum atomic E-state index is -0.910. The first-order chi connectivity index (χ1) is 20.1. The van der Waals surface area contributed by atoms with E-state index in [9.17, 15) is 19.5 Å². The van der Waals surface area contributed by atoms with Crippen molar-refractivity contribution >= 4 is 17.7 Å². The van der Waals surface area contributed by atoms with Gasteiger partial charge in [-0.25, -0.2) is 4.98 Å². The summed E-state index contributed by atoms with van der Waals surface area (Å²) >= 11 is 0. The van der Waals surface area contributed by atoms with E-state index >= 15 is 0 Å². The molecular formula is C34H41N2O7+. The summed E-state index contributed by atoms with van der Waals surface area (Å²) in [7, 11) is 3.30. The Kier molecular flexibility index (Phi) is 7.53. The lowest BCUT2D eigenvalue weighted by Crippen LogP contribution is -2.51. The number of likely N-dealkylation sites (N-methyl/N-ethyl adjacent to an activating group) is 1. The van der Waals surface area contributed by atoms with Crippen LogP contribution in [0.15, 0.2) is 46.9 Å². The Hall–Kier alpha value is -3.98. The van der Waals surface area contributed by atoms with Crippen molar-refractivity contribution in [1.29, 1.82) is 0 Å². The first-order valence-corrected chi connectivity index (χ1v) is 14.6. The van der Waals surface area contributed by atoms with Gasteiger partial charge in [-0.05, 0) is 47.1 Å². The number of carbonyl (C=O) groups excluding carboxylic acids is 3. The normalized spacial score (nSPS) is 21.8. The van der Waals surface area contributed by atoms with E-state index in [0.29, 0.717) is 69.2 Å². The van der Waals surface area contributed by atoms with Crippen molar-refractivity contribution in [3.63, 3.8) is 0 Å². The third-order valence-electron chi connectivity index (χ3n) is 8.97.